The fourth-order valence-corrected chi connectivity index (χ4v) is 2.88. The SMILES string of the molecule is Cn1ccc(C(N)C2CCc3ccccc3C2)n1. The van der Waals surface area contributed by atoms with Crippen LogP contribution in [0.5, 0.6) is 0 Å². The maximum atomic E-state index is 6.36. The summed E-state index contributed by atoms with van der Waals surface area (Å²) < 4.78 is 1.83. The maximum absolute atomic E-state index is 6.36. The number of aryl methyl sites for hydroxylation is 2. The molecule has 2 aromatic rings. The fourth-order valence-electron chi connectivity index (χ4n) is 2.88. The average molecular weight is 241 g/mol. The summed E-state index contributed by atoms with van der Waals surface area (Å²) in [5.41, 5.74) is 10.3. The zero-order valence-electron chi connectivity index (χ0n) is 10.7. The Morgan fingerprint density at radius 2 is 2.06 bits per heavy atom. The summed E-state index contributed by atoms with van der Waals surface area (Å²) >= 11 is 0. The number of nitrogens with two attached hydrogens (primary N) is 1. The minimum Gasteiger partial charge on any atom is -0.322 e. The first-order valence-electron chi connectivity index (χ1n) is 6.56. The Morgan fingerprint density at radius 1 is 1.28 bits per heavy atom. The summed E-state index contributed by atoms with van der Waals surface area (Å²) in [6.45, 7) is 0. The number of rotatable bonds is 2. The number of hydrogen-bond acceptors (Lipinski definition) is 2. The molecule has 0 saturated heterocycles. The van der Waals surface area contributed by atoms with Crippen LogP contribution in [0.3, 0.4) is 0 Å². The molecule has 1 aromatic heterocycles. The van der Waals surface area contributed by atoms with E-state index in [1.165, 1.54) is 11.1 Å². The van der Waals surface area contributed by atoms with Gasteiger partial charge in [-0.1, -0.05) is 24.3 Å². The van der Waals surface area contributed by atoms with Gasteiger partial charge in [-0.15, -0.1) is 0 Å². The molecule has 2 unspecified atom stereocenters. The largest absolute Gasteiger partial charge is 0.322 e. The first kappa shape index (κ1) is 11.5. The van der Waals surface area contributed by atoms with Gasteiger partial charge >= 0.3 is 0 Å². The second-order valence-electron chi connectivity index (χ2n) is 5.21. The van der Waals surface area contributed by atoms with E-state index in [1.807, 2.05) is 24.0 Å². The summed E-state index contributed by atoms with van der Waals surface area (Å²) in [4.78, 5) is 0. The molecule has 18 heavy (non-hydrogen) atoms. The normalized spacial score (nSPS) is 20.4. The van der Waals surface area contributed by atoms with Crippen molar-refractivity contribution in [3.8, 4) is 0 Å². The quantitative estimate of drug-likeness (QED) is 0.876. The molecule has 0 radical (unpaired) electrons. The molecule has 0 fully saturated rings. The fraction of sp³-hybridized carbons (Fsp3) is 0.400. The summed E-state index contributed by atoms with van der Waals surface area (Å²) in [6.07, 6.45) is 5.34. The highest BCUT2D eigenvalue weighted by Gasteiger charge is 2.25. The van der Waals surface area contributed by atoms with Gasteiger partial charge in [0, 0.05) is 13.2 Å². The number of aromatic nitrogens is 2. The van der Waals surface area contributed by atoms with Crippen molar-refractivity contribution >= 4 is 0 Å². The lowest BCUT2D eigenvalue weighted by Gasteiger charge is -2.28. The lowest BCUT2D eigenvalue weighted by molar-refractivity contribution is 0.375. The van der Waals surface area contributed by atoms with E-state index in [1.54, 1.807) is 0 Å². The lowest BCUT2D eigenvalue weighted by Crippen LogP contribution is -2.27. The summed E-state index contributed by atoms with van der Waals surface area (Å²) in [5.74, 6) is 0.509. The van der Waals surface area contributed by atoms with Gasteiger partial charge in [0.1, 0.15) is 0 Å². The Balaban J connectivity index is 1.79. The molecule has 1 aromatic carbocycles. The first-order chi connectivity index (χ1) is 8.74. The van der Waals surface area contributed by atoms with Crippen LogP contribution in [0.2, 0.25) is 0 Å². The smallest absolute Gasteiger partial charge is 0.0794 e. The van der Waals surface area contributed by atoms with Crippen molar-refractivity contribution in [3.63, 3.8) is 0 Å². The second kappa shape index (κ2) is 4.58. The van der Waals surface area contributed by atoms with Crippen LogP contribution in [0.1, 0.15) is 29.3 Å². The van der Waals surface area contributed by atoms with Gasteiger partial charge < -0.3 is 5.73 Å². The van der Waals surface area contributed by atoms with Crippen LogP contribution < -0.4 is 5.73 Å². The van der Waals surface area contributed by atoms with Crippen LogP contribution in [-0.2, 0) is 19.9 Å². The van der Waals surface area contributed by atoms with Crippen molar-refractivity contribution in [2.75, 3.05) is 0 Å². The Hall–Kier alpha value is -1.61. The highest BCUT2D eigenvalue weighted by Crippen LogP contribution is 2.32. The topological polar surface area (TPSA) is 43.8 Å². The van der Waals surface area contributed by atoms with E-state index in [0.29, 0.717) is 5.92 Å². The van der Waals surface area contributed by atoms with E-state index in [0.717, 1.165) is 25.0 Å². The molecule has 0 bridgehead atoms. The number of nitrogens with zero attached hydrogens (tertiary/aromatic N) is 2. The van der Waals surface area contributed by atoms with Crippen LogP contribution in [0.15, 0.2) is 36.5 Å². The molecule has 2 N–H and O–H groups in total. The molecule has 3 rings (SSSR count). The van der Waals surface area contributed by atoms with Crippen molar-refractivity contribution in [2.24, 2.45) is 18.7 Å². The van der Waals surface area contributed by atoms with Crippen LogP contribution in [0, 0.1) is 5.92 Å². The molecular formula is C15H19N3. The third kappa shape index (κ3) is 2.06. The third-order valence-corrected chi connectivity index (χ3v) is 3.97. The molecule has 1 heterocycles. The van der Waals surface area contributed by atoms with Gasteiger partial charge in [0.15, 0.2) is 0 Å². The lowest BCUT2D eigenvalue weighted by atomic mass is 9.79. The second-order valence-corrected chi connectivity index (χ2v) is 5.21. The highest BCUT2D eigenvalue weighted by atomic mass is 15.3. The molecule has 0 saturated carbocycles. The monoisotopic (exact) mass is 241 g/mol. The zero-order chi connectivity index (χ0) is 12.5. The Labute approximate surface area is 108 Å². The zero-order valence-corrected chi connectivity index (χ0v) is 10.7. The van der Waals surface area contributed by atoms with Gasteiger partial charge in [0.25, 0.3) is 0 Å². The molecule has 0 spiro atoms. The van der Waals surface area contributed by atoms with Crippen LogP contribution in [0.25, 0.3) is 0 Å². The Morgan fingerprint density at radius 3 is 2.78 bits per heavy atom. The Kier molecular flexibility index (Phi) is 2.92. The standard InChI is InChI=1S/C15H19N3/c1-18-9-8-14(17-18)15(16)13-7-6-11-4-2-3-5-12(11)10-13/h2-5,8-9,13,15H,6-7,10,16H2,1H3. The van der Waals surface area contributed by atoms with Crippen molar-refractivity contribution in [2.45, 2.75) is 25.3 Å². The predicted molar refractivity (Wildman–Crippen MR) is 72.1 cm³/mol. The highest BCUT2D eigenvalue weighted by molar-refractivity contribution is 5.30. The molecule has 0 amide bonds. The number of hydrogen-bond donors (Lipinski definition) is 1. The summed E-state index contributed by atoms with van der Waals surface area (Å²) in [7, 11) is 1.94. The molecule has 1 aliphatic rings. The van der Waals surface area contributed by atoms with Crippen molar-refractivity contribution in [3.05, 3.63) is 53.3 Å². The molecule has 2 atom stereocenters. The first-order valence-corrected chi connectivity index (χ1v) is 6.56. The van der Waals surface area contributed by atoms with Gasteiger partial charge in [-0.25, -0.2) is 0 Å². The molecule has 3 nitrogen and oxygen atoms in total. The van der Waals surface area contributed by atoms with Gasteiger partial charge in [-0.2, -0.15) is 5.10 Å². The van der Waals surface area contributed by atoms with Crippen LogP contribution in [-0.4, -0.2) is 9.78 Å². The molecule has 3 heteroatoms. The predicted octanol–water partition coefficient (Wildman–Crippen LogP) is 2.23. The molecular weight excluding hydrogens is 222 g/mol. The average Bonchev–Trinajstić information content (AvgIpc) is 2.84. The minimum atomic E-state index is 0.0551. The van der Waals surface area contributed by atoms with E-state index < -0.39 is 0 Å². The maximum Gasteiger partial charge on any atom is 0.0794 e. The van der Waals surface area contributed by atoms with Crippen LogP contribution >= 0.6 is 0 Å². The minimum absolute atomic E-state index is 0.0551. The van der Waals surface area contributed by atoms with Gasteiger partial charge in [-0.3, -0.25) is 4.68 Å². The number of benzene rings is 1. The Bertz CT molecular complexity index is 544. The van der Waals surface area contributed by atoms with E-state index >= 15 is 0 Å². The summed E-state index contributed by atoms with van der Waals surface area (Å²) in [5, 5.41) is 4.43. The van der Waals surface area contributed by atoms with Crippen molar-refractivity contribution in [1.29, 1.82) is 0 Å². The third-order valence-electron chi connectivity index (χ3n) is 3.97. The van der Waals surface area contributed by atoms with Crippen molar-refractivity contribution < 1.29 is 0 Å². The van der Waals surface area contributed by atoms with Crippen LogP contribution in [0.4, 0.5) is 0 Å². The van der Waals surface area contributed by atoms with Crippen molar-refractivity contribution in [1.82, 2.24) is 9.78 Å². The van der Waals surface area contributed by atoms with Gasteiger partial charge in [0.2, 0.25) is 0 Å². The molecule has 0 aliphatic heterocycles. The number of fused-ring (bicyclic) bond motifs is 1. The molecule has 94 valence electrons. The molecule has 1 aliphatic carbocycles. The van der Waals surface area contributed by atoms with E-state index in [2.05, 4.69) is 29.4 Å². The summed E-state index contributed by atoms with van der Waals surface area (Å²) in [6, 6.07) is 10.8. The van der Waals surface area contributed by atoms with E-state index in [-0.39, 0.29) is 6.04 Å². The van der Waals surface area contributed by atoms with Gasteiger partial charge in [0.05, 0.1) is 11.7 Å². The van der Waals surface area contributed by atoms with E-state index in [4.69, 9.17) is 5.73 Å². The van der Waals surface area contributed by atoms with Gasteiger partial charge in [-0.05, 0) is 42.4 Å². The van der Waals surface area contributed by atoms with E-state index in [9.17, 15) is 0 Å².